The lowest BCUT2D eigenvalue weighted by atomic mass is 10.0. The van der Waals surface area contributed by atoms with Crippen molar-refractivity contribution in [2.45, 2.75) is 39.2 Å². The third-order valence-electron chi connectivity index (χ3n) is 2.39. The molecule has 0 radical (unpaired) electrons. The second-order valence-corrected chi connectivity index (χ2v) is 4.79. The Morgan fingerprint density at radius 3 is 2.50 bits per heavy atom. The lowest BCUT2D eigenvalue weighted by Crippen LogP contribution is -2.28. The van der Waals surface area contributed by atoms with Crippen molar-refractivity contribution in [2.75, 3.05) is 5.32 Å². The largest absolute Gasteiger partial charge is 0.508 e. The number of phenolic OH excluding ortho intramolecular Hbond substituents is 1. The van der Waals surface area contributed by atoms with Crippen molar-refractivity contribution in [1.29, 1.82) is 5.26 Å². The van der Waals surface area contributed by atoms with Gasteiger partial charge in [-0.25, -0.2) is 0 Å². The van der Waals surface area contributed by atoms with Gasteiger partial charge in [-0.2, -0.15) is 5.26 Å². The van der Waals surface area contributed by atoms with Crippen LogP contribution >= 0.6 is 0 Å². The molecular weight excluding hydrogens is 200 g/mol. The molecule has 0 aliphatic heterocycles. The van der Waals surface area contributed by atoms with Crippen LogP contribution in [-0.2, 0) is 0 Å². The zero-order valence-electron chi connectivity index (χ0n) is 10.2. The Balaban J connectivity index is 3.01. The molecule has 1 rings (SSSR count). The summed E-state index contributed by atoms with van der Waals surface area (Å²) in [6.45, 7) is 7.67. The summed E-state index contributed by atoms with van der Waals surface area (Å²) in [6, 6.07) is 7.50. The SMILES string of the molecule is CC(C)c1cc(NC(C)(C)C#N)ccc1O. The molecule has 0 bridgehead atoms. The first kappa shape index (κ1) is 12.4. The number of nitriles is 1. The zero-order valence-corrected chi connectivity index (χ0v) is 10.2. The number of nitrogens with one attached hydrogen (secondary N) is 1. The number of aromatic hydroxyl groups is 1. The van der Waals surface area contributed by atoms with E-state index in [9.17, 15) is 5.11 Å². The highest BCUT2D eigenvalue weighted by molar-refractivity contribution is 5.53. The Bertz CT molecular complexity index is 416. The standard InChI is InChI=1S/C13H18N2O/c1-9(2)11-7-10(5-6-12(11)16)15-13(3,4)8-14/h5-7,9,15-16H,1-4H3. The molecule has 86 valence electrons. The van der Waals surface area contributed by atoms with Gasteiger partial charge in [-0.15, -0.1) is 0 Å². The summed E-state index contributed by atoms with van der Waals surface area (Å²) < 4.78 is 0. The maximum absolute atomic E-state index is 9.67. The summed E-state index contributed by atoms with van der Waals surface area (Å²) in [6.07, 6.45) is 0. The summed E-state index contributed by atoms with van der Waals surface area (Å²) in [5, 5.41) is 21.7. The van der Waals surface area contributed by atoms with Crippen molar-refractivity contribution in [3.05, 3.63) is 23.8 Å². The van der Waals surface area contributed by atoms with Crippen molar-refractivity contribution >= 4 is 5.69 Å². The van der Waals surface area contributed by atoms with E-state index in [-0.39, 0.29) is 5.92 Å². The van der Waals surface area contributed by atoms with E-state index in [0.29, 0.717) is 5.75 Å². The van der Waals surface area contributed by atoms with E-state index in [0.717, 1.165) is 11.3 Å². The Kier molecular flexibility index (Phi) is 3.44. The Morgan fingerprint density at radius 1 is 1.38 bits per heavy atom. The fourth-order valence-corrected chi connectivity index (χ4v) is 1.48. The molecule has 1 aromatic carbocycles. The monoisotopic (exact) mass is 218 g/mol. The van der Waals surface area contributed by atoms with Crippen LogP contribution in [0.5, 0.6) is 5.75 Å². The van der Waals surface area contributed by atoms with Crippen LogP contribution in [0.1, 0.15) is 39.2 Å². The van der Waals surface area contributed by atoms with Gasteiger partial charge in [0.1, 0.15) is 11.3 Å². The summed E-state index contributed by atoms with van der Waals surface area (Å²) in [7, 11) is 0. The summed E-state index contributed by atoms with van der Waals surface area (Å²) in [5.41, 5.74) is 1.14. The van der Waals surface area contributed by atoms with Crippen molar-refractivity contribution in [3.63, 3.8) is 0 Å². The van der Waals surface area contributed by atoms with Crippen LogP contribution in [0.25, 0.3) is 0 Å². The molecular formula is C13H18N2O. The maximum atomic E-state index is 9.67. The van der Waals surface area contributed by atoms with Gasteiger partial charge >= 0.3 is 0 Å². The molecule has 16 heavy (non-hydrogen) atoms. The first-order chi connectivity index (χ1) is 7.35. The average Bonchev–Trinajstić information content (AvgIpc) is 2.20. The fraction of sp³-hybridized carbons (Fsp3) is 0.462. The third kappa shape index (κ3) is 2.90. The van der Waals surface area contributed by atoms with Crippen molar-refractivity contribution < 1.29 is 5.11 Å². The molecule has 0 amide bonds. The molecule has 0 aliphatic rings. The van der Waals surface area contributed by atoms with E-state index < -0.39 is 5.54 Å². The number of benzene rings is 1. The van der Waals surface area contributed by atoms with Gasteiger partial charge in [-0.1, -0.05) is 13.8 Å². The van der Waals surface area contributed by atoms with Crippen LogP contribution in [-0.4, -0.2) is 10.6 Å². The molecule has 3 heteroatoms. The van der Waals surface area contributed by atoms with Gasteiger partial charge in [-0.3, -0.25) is 0 Å². The molecule has 0 fully saturated rings. The lowest BCUT2D eigenvalue weighted by Gasteiger charge is -2.20. The first-order valence-electron chi connectivity index (χ1n) is 5.38. The summed E-state index contributed by atoms with van der Waals surface area (Å²) in [5.74, 6) is 0.558. The topological polar surface area (TPSA) is 56.0 Å². The number of anilines is 1. The number of hydrogen-bond acceptors (Lipinski definition) is 3. The van der Waals surface area contributed by atoms with Gasteiger partial charge in [-0.05, 0) is 43.5 Å². The predicted molar refractivity (Wildman–Crippen MR) is 65.5 cm³/mol. The van der Waals surface area contributed by atoms with Gasteiger partial charge in [0.2, 0.25) is 0 Å². The van der Waals surface area contributed by atoms with Gasteiger partial charge in [0.05, 0.1) is 6.07 Å². The minimum atomic E-state index is -0.606. The normalized spacial score (nSPS) is 11.2. The van der Waals surface area contributed by atoms with E-state index in [2.05, 4.69) is 11.4 Å². The average molecular weight is 218 g/mol. The van der Waals surface area contributed by atoms with Crippen molar-refractivity contribution in [1.82, 2.24) is 0 Å². The predicted octanol–water partition coefficient (Wildman–Crippen LogP) is 3.23. The van der Waals surface area contributed by atoms with Crippen molar-refractivity contribution in [3.8, 4) is 11.8 Å². The molecule has 0 saturated carbocycles. The van der Waals surface area contributed by atoms with Crippen LogP contribution in [0.2, 0.25) is 0 Å². The highest BCUT2D eigenvalue weighted by atomic mass is 16.3. The van der Waals surface area contributed by atoms with E-state index in [4.69, 9.17) is 5.26 Å². The molecule has 3 nitrogen and oxygen atoms in total. The summed E-state index contributed by atoms with van der Waals surface area (Å²) >= 11 is 0. The molecule has 0 spiro atoms. The number of hydrogen-bond donors (Lipinski definition) is 2. The van der Waals surface area contributed by atoms with E-state index in [1.807, 2.05) is 33.8 Å². The first-order valence-corrected chi connectivity index (χ1v) is 5.38. The quantitative estimate of drug-likeness (QED) is 0.766. The minimum absolute atomic E-state index is 0.256. The van der Waals surface area contributed by atoms with E-state index >= 15 is 0 Å². The highest BCUT2D eigenvalue weighted by Gasteiger charge is 2.16. The Labute approximate surface area is 96.7 Å². The molecule has 0 unspecified atom stereocenters. The van der Waals surface area contributed by atoms with Crippen LogP contribution in [0.4, 0.5) is 5.69 Å². The van der Waals surface area contributed by atoms with Crippen LogP contribution in [0.3, 0.4) is 0 Å². The second kappa shape index (κ2) is 4.44. The van der Waals surface area contributed by atoms with E-state index in [1.54, 1.807) is 12.1 Å². The molecule has 0 aromatic heterocycles. The molecule has 0 aliphatic carbocycles. The third-order valence-corrected chi connectivity index (χ3v) is 2.39. The zero-order chi connectivity index (χ0) is 12.3. The van der Waals surface area contributed by atoms with Crippen LogP contribution in [0, 0.1) is 11.3 Å². The Morgan fingerprint density at radius 2 is 2.00 bits per heavy atom. The number of rotatable bonds is 3. The lowest BCUT2D eigenvalue weighted by molar-refractivity contribution is 0.465. The smallest absolute Gasteiger partial charge is 0.119 e. The number of nitrogens with zero attached hydrogens (tertiary/aromatic N) is 1. The van der Waals surface area contributed by atoms with E-state index in [1.165, 1.54) is 0 Å². The molecule has 1 aromatic rings. The molecule has 2 N–H and O–H groups in total. The minimum Gasteiger partial charge on any atom is -0.508 e. The second-order valence-electron chi connectivity index (χ2n) is 4.79. The van der Waals surface area contributed by atoms with Gasteiger partial charge < -0.3 is 10.4 Å². The fourth-order valence-electron chi connectivity index (χ4n) is 1.48. The summed E-state index contributed by atoms with van der Waals surface area (Å²) in [4.78, 5) is 0. The molecule has 0 atom stereocenters. The van der Waals surface area contributed by atoms with Gasteiger partial charge in [0.25, 0.3) is 0 Å². The highest BCUT2D eigenvalue weighted by Crippen LogP contribution is 2.29. The van der Waals surface area contributed by atoms with Crippen LogP contribution < -0.4 is 5.32 Å². The van der Waals surface area contributed by atoms with Crippen molar-refractivity contribution in [2.24, 2.45) is 0 Å². The van der Waals surface area contributed by atoms with Gasteiger partial charge in [0.15, 0.2) is 0 Å². The van der Waals surface area contributed by atoms with Crippen LogP contribution in [0.15, 0.2) is 18.2 Å². The van der Waals surface area contributed by atoms with Gasteiger partial charge in [0, 0.05) is 5.69 Å². The number of phenols is 1. The molecule has 0 saturated heterocycles. The Hall–Kier alpha value is -1.69. The maximum Gasteiger partial charge on any atom is 0.119 e. The molecule has 0 heterocycles.